The Labute approximate surface area is 516 Å². The lowest BCUT2D eigenvalue weighted by Crippen LogP contribution is -2.04. The third kappa shape index (κ3) is 7.97. The van der Waals surface area contributed by atoms with Gasteiger partial charge in [-0.3, -0.25) is 0 Å². The van der Waals surface area contributed by atoms with E-state index in [0.29, 0.717) is 23.0 Å². The topological polar surface area (TPSA) is 82.2 Å². The molecule has 0 N–H and O–H groups in total. The first-order valence-corrected chi connectivity index (χ1v) is 30.3. The Bertz CT molecular complexity index is 5810. The van der Waals surface area contributed by atoms with Crippen LogP contribution in [0.5, 0.6) is 0 Å². The molecule has 8 nitrogen and oxygen atoms in total. The zero-order valence-electron chi connectivity index (χ0n) is 48.4. The highest BCUT2D eigenvalue weighted by molar-refractivity contribution is 6.15. The molecule has 0 saturated carbocycles. The van der Waals surface area contributed by atoms with Gasteiger partial charge in [0.25, 0.3) is 0 Å². The van der Waals surface area contributed by atoms with Crippen LogP contribution in [0.4, 0.5) is 0 Å². The maximum absolute atomic E-state index is 9.97. The van der Waals surface area contributed by atoms with Gasteiger partial charge in [0, 0.05) is 82.3 Å². The summed E-state index contributed by atoms with van der Waals surface area (Å²) in [6.45, 7) is 0. The third-order valence-electron chi connectivity index (χ3n) is 18.1. The van der Waals surface area contributed by atoms with Crippen LogP contribution in [-0.2, 0) is 0 Å². The number of nitriles is 1. The Kier molecular flexibility index (Phi) is 11.5. The third-order valence-corrected chi connectivity index (χ3v) is 18.1. The second-order valence-electron chi connectivity index (χ2n) is 23.0. The van der Waals surface area contributed by atoms with Crippen molar-refractivity contribution in [2.24, 2.45) is 0 Å². The van der Waals surface area contributed by atoms with Gasteiger partial charge in [-0.1, -0.05) is 194 Å². The quantitative estimate of drug-likeness (QED) is 0.144. The molecule has 0 bridgehead atoms. The van der Waals surface area contributed by atoms with Crippen molar-refractivity contribution in [1.82, 2.24) is 33.2 Å². The summed E-state index contributed by atoms with van der Waals surface area (Å²) >= 11 is 0. The van der Waals surface area contributed by atoms with E-state index in [1.165, 1.54) is 21.5 Å². The lowest BCUT2D eigenvalue weighted by molar-refractivity contribution is 1.07. The van der Waals surface area contributed by atoms with Gasteiger partial charge >= 0.3 is 0 Å². The van der Waals surface area contributed by atoms with E-state index in [9.17, 15) is 5.26 Å². The maximum atomic E-state index is 9.97. The van der Waals surface area contributed by atoms with E-state index in [-0.39, 0.29) is 0 Å². The fourth-order valence-corrected chi connectivity index (χ4v) is 14.0. The molecule has 0 spiro atoms. The minimum Gasteiger partial charge on any atom is -0.309 e. The van der Waals surface area contributed by atoms with Gasteiger partial charge in [0.2, 0.25) is 0 Å². The van der Waals surface area contributed by atoms with Crippen LogP contribution in [0.1, 0.15) is 5.56 Å². The monoisotopic (exact) mass is 1150 g/mol. The number of fused-ring (bicyclic) bond motifs is 12. The van der Waals surface area contributed by atoms with Gasteiger partial charge < -0.3 is 18.3 Å². The first-order chi connectivity index (χ1) is 44.6. The second-order valence-corrected chi connectivity index (χ2v) is 23.0. The van der Waals surface area contributed by atoms with Crippen LogP contribution in [0.2, 0.25) is 0 Å². The number of benzene rings is 13. The Balaban J connectivity index is 0.926. The average molecular weight is 1150 g/mol. The molecule has 90 heavy (non-hydrogen) atoms. The molecular weight excluding hydrogens is 1100 g/mol. The fourth-order valence-electron chi connectivity index (χ4n) is 14.0. The highest BCUT2D eigenvalue weighted by Crippen LogP contribution is 2.45. The van der Waals surface area contributed by atoms with E-state index in [1.807, 2.05) is 60.7 Å². The molecule has 418 valence electrons. The summed E-state index contributed by atoms with van der Waals surface area (Å²) in [5.41, 5.74) is 20.2. The minimum absolute atomic E-state index is 0.554. The first-order valence-electron chi connectivity index (χ1n) is 30.3. The predicted octanol–water partition coefficient (Wildman–Crippen LogP) is 20.5. The van der Waals surface area contributed by atoms with Crippen molar-refractivity contribution in [3.63, 3.8) is 0 Å². The molecule has 0 saturated heterocycles. The summed E-state index contributed by atoms with van der Waals surface area (Å²) < 4.78 is 9.70. The molecule has 0 amide bonds. The molecule has 0 aliphatic heterocycles. The van der Waals surface area contributed by atoms with Crippen molar-refractivity contribution in [2.75, 3.05) is 0 Å². The van der Waals surface area contributed by atoms with Crippen LogP contribution < -0.4 is 0 Å². The molecular formula is C82H50N8. The van der Waals surface area contributed by atoms with Crippen molar-refractivity contribution in [1.29, 1.82) is 5.26 Å². The zero-order chi connectivity index (χ0) is 59.4. The van der Waals surface area contributed by atoms with Crippen molar-refractivity contribution < 1.29 is 0 Å². The summed E-state index contributed by atoms with van der Waals surface area (Å²) in [5.74, 6) is 1.73. The zero-order valence-corrected chi connectivity index (χ0v) is 48.4. The highest BCUT2D eigenvalue weighted by atomic mass is 15.0. The Hall–Kier alpha value is -12.4. The predicted molar refractivity (Wildman–Crippen MR) is 369 cm³/mol. The van der Waals surface area contributed by atoms with E-state index < -0.39 is 0 Å². The molecule has 13 aromatic carbocycles. The number of hydrogen-bond acceptors (Lipinski definition) is 4. The number of aromatic nitrogens is 7. The molecule has 0 atom stereocenters. The van der Waals surface area contributed by atoms with Crippen LogP contribution in [0.15, 0.2) is 303 Å². The van der Waals surface area contributed by atoms with Crippen molar-refractivity contribution in [3.8, 4) is 85.2 Å². The average Bonchev–Trinajstić information content (AvgIpc) is 1.58. The molecule has 8 heteroatoms. The van der Waals surface area contributed by atoms with Gasteiger partial charge in [0.1, 0.15) is 0 Å². The Morgan fingerprint density at radius 1 is 0.233 bits per heavy atom. The van der Waals surface area contributed by atoms with Crippen LogP contribution in [0, 0.1) is 11.3 Å². The highest BCUT2D eigenvalue weighted by Gasteiger charge is 2.25. The summed E-state index contributed by atoms with van der Waals surface area (Å²) in [7, 11) is 0. The lowest BCUT2D eigenvalue weighted by atomic mass is 9.94. The largest absolute Gasteiger partial charge is 0.309 e. The smallest absolute Gasteiger partial charge is 0.164 e. The molecule has 0 aliphatic rings. The summed E-state index contributed by atoms with van der Waals surface area (Å²) in [6.07, 6.45) is 0. The molecule has 5 aromatic heterocycles. The summed E-state index contributed by atoms with van der Waals surface area (Å²) in [6, 6.07) is 110. The van der Waals surface area contributed by atoms with Gasteiger partial charge in [0.05, 0.1) is 67.1 Å². The van der Waals surface area contributed by atoms with E-state index >= 15 is 0 Å². The number of nitrogens with zero attached hydrogens (tertiary/aromatic N) is 8. The van der Waals surface area contributed by atoms with Crippen LogP contribution >= 0.6 is 0 Å². The lowest BCUT2D eigenvalue weighted by Gasteiger charge is -2.21. The van der Waals surface area contributed by atoms with Gasteiger partial charge in [-0.15, -0.1) is 0 Å². The van der Waals surface area contributed by atoms with E-state index in [2.05, 4.69) is 267 Å². The van der Waals surface area contributed by atoms with Crippen molar-refractivity contribution >= 4 is 87.2 Å². The van der Waals surface area contributed by atoms with Crippen LogP contribution in [-0.4, -0.2) is 33.2 Å². The molecule has 5 heterocycles. The van der Waals surface area contributed by atoms with Crippen LogP contribution in [0.25, 0.3) is 166 Å². The van der Waals surface area contributed by atoms with Crippen molar-refractivity contribution in [3.05, 3.63) is 309 Å². The van der Waals surface area contributed by atoms with Gasteiger partial charge in [-0.25, -0.2) is 15.0 Å². The molecule has 0 fully saturated rings. The normalized spacial score (nSPS) is 11.8. The number of para-hydroxylation sites is 6. The summed E-state index contributed by atoms with van der Waals surface area (Å²) in [5, 5.41) is 19.4. The fraction of sp³-hybridized carbons (Fsp3) is 0. The number of hydrogen-bond donors (Lipinski definition) is 0. The first kappa shape index (κ1) is 50.8. The second kappa shape index (κ2) is 20.3. The Morgan fingerprint density at radius 3 is 1.03 bits per heavy atom. The van der Waals surface area contributed by atoms with Gasteiger partial charge in [-0.2, -0.15) is 5.26 Å². The van der Waals surface area contributed by atoms with E-state index in [1.54, 1.807) is 0 Å². The molecule has 18 rings (SSSR count). The van der Waals surface area contributed by atoms with Gasteiger partial charge in [0.15, 0.2) is 17.5 Å². The Morgan fingerprint density at radius 2 is 0.589 bits per heavy atom. The minimum atomic E-state index is 0.554. The molecule has 0 unspecified atom stereocenters. The SMILES string of the molecule is N#Cc1ccc(-c2ccc(-c3cc(-c4nc(-c5ccccc5)nc(-c5ccccc5)n4)ccc3-n3c4ccccc4c4cc(-n5c6ccccc6c6ccccc65)ccc43)c(-n3c4ccccc4c4cc(-n5c6ccccc6c6ccccc65)ccc43)c2)cc1. The van der Waals surface area contributed by atoms with Gasteiger partial charge in [-0.05, 0) is 120 Å². The molecule has 0 aliphatic carbocycles. The number of rotatable bonds is 9. The standard InChI is InChI=1S/C82H50N8/c83-51-52-35-37-53(38-36-52)56-39-43-66(79(48-56)90-75-34-18-12-28-65(75)69-50-59(42-46-78(69)90)88-72-31-15-9-25-62(72)63-26-10-16-32-73(63)88)67-47-57(82-85-80(54-19-3-1-4-20-54)84-81(86-82)55-21-5-2-6-22-55)40-44-76(67)89-74-33-17-11-27-64(74)68-49-58(41-45-77(68)89)87-70-29-13-7-23-60(70)61-24-8-14-30-71(61)87/h1-50H. The molecule has 18 aromatic rings. The van der Waals surface area contributed by atoms with E-state index in [0.717, 1.165) is 127 Å². The van der Waals surface area contributed by atoms with E-state index in [4.69, 9.17) is 15.0 Å². The molecule has 0 radical (unpaired) electrons. The summed E-state index contributed by atoms with van der Waals surface area (Å²) in [4.78, 5) is 15.8. The van der Waals surface area contributed by atoms with Crippen molar-refractivity contribution in [2.45, 2.75) is 0 Å². The maximum Gasteiger partial charge on any atom is 0.164 e. The van der Waals surface area contributed by atoms with Crippen LogP contribution in [0.3, 0.4) is 0 Å².